The van der Waals surface area contributed by atoms with Crippen LogP contribution in [0.3, 0.4) is 0 Å². The summed E-state index contributed by atoms with van der Waals surface area (Å²) < 4.78 is 6.55. The summed E-state index contributed by atoms with van der Waals surface area (Å²) in [7, 11) is 0. The lowest BCUT2D eigenvalue weighted by Crippen LogP contribution is -2.00. The molecule has 0 unspecified atom stereocenters. The predicted molar refractivity (Wildman–Crippen MR) is 223 cm³/mol. The second-order valence-corrected chi connectivity index (χ2v) is 13.5. The Kier molecular flexibility index (Phi) is 8.08. The van der Waals surface area contributed by atoms with Gasteiger partial charge in [0.05, 0.1) is 0 Å². The molecule has 0 aliphatic heterocycles. The van der Waals surface area contributed by atoms with Gasteiger partial charge < -0.3 is 4.42 Å². The Hall–Kier alpha value is -7.50. The van der Waals surface area contributed by atoms with Crippen molar-refractivity contribution in [1.29, 1.82) is 0 Å². The van der Waals surface area contributed by atoms with Crippen molar-refractivity contribution >= 4 is 21.9 Å². The Bertz CT molecular complexity index is 2900. The average Bonchev–Trinajstić information content (AvgIpc) is 3.66. The first kappa shape index (κ1) is 32.2. The SMILES string of the molecule is c1ccc(-c2cc(-c3cc(-c4ccncc4)cc(-c4nc(-c5ccccc5)nc(-c5ccccc5)n4)c3)cc(-c3cccc4c3oc3ccccc34)c2)cc1. The number of aromatic nitrogens is 4. The summed E-state index contributed by atoms with van der Waals surface area (Å²) >= 11 is 0. The maximum absolute atomic E-state index is 6.55. The summed E-state index contributed by atoms with van der Waals surface area (Å²) in [5, 5.41) is 2.20. The first-order chi connectivity index (χ1) is 27.2. The third-order valence-electron chi connectivity index (χ3n) is 9.99. The van der Waals surface area contributed by atoms with Crippen molar-refractivity contribution in [2.75, 3.05) is 0 Å². The van der Waals surface area contributed by atoms with E-state index in [9.17, 15) is 0 Å². The van der Waals surface area contributed by atoms with Crippen LogP contribution in [0.5, 0.6) is 0 Å². The zero-order valence-electron chi connectivity index (χ0n) is 29.7. The second kappa shape index (κ2) is 13.8. The molecule has 3 heterocycles. The monoisotopic (exact) mass is 704 g/mol. The van der Waals surface area contributed by atoms with Gasteiger partial charge in [-0.05, 0) is 93.5 Å². The van der Waals surface area contributed by atoms with Gasteiger partial charge in [-0.1, -0.05) is 127 Å². The molecule has 0 atom stereocenters. The van der Waals surface area contributed by atoms with Crippen molar-refractivity contribution in [3.63, 3.8) is 0 Å². The summed E-state index contributed by atoms with van der Waals surface area (Å²) in [5.74, 6) is 1.83. The Morgan fingerprint density at radius 1 is 0.309 bits per heavy atom. The molecule has 0 fully saturated rings. The van der Waals surface area contributed by atoms with Gasteiger partial charge in [0.15, 0.2) is 17.5 Å². The summed E-state index contributed by atoms with van der Waals surface area (Å²) in [6, 6.07) is 62.8. The molecule has 0 N–H and O–H groups in total. The zero-order chi connectivity index (χ0) is 36.6. The highest BCUT2D eigenvalue weighted by Gasteiger charge is 2.18. The van der Waals surface area contributed by atoms with Gasteiger partial charge in [0, 0.05) is 45.4 Å². The zero-order valence-corrected chi connectivity index (χ0v) is 29.7. The lowest BCUT2D eigenvalue weighted by Gasteiger charge is -2.15. The molecule has 0 spiro atoms. The average molecular weight is 705 g/mol. The molecule has 5 nitrogen and oxygen atoms in total. The molecule has 10 rings (SSSR count). The van der Waals surface area contributed by atoms with Crippen molar-refractivity contribution in [2.45, 2.75) is 0 Å². The molecule has 55 heavy (non-hydrogen) atoms. The van der Waals surface area contributed by atoms with E-state index in [1.807, 2.05) is 97.3 Å². The maximum Gasteiger partial charge on any atom is 0.164 e. The van der Waals surface area contributed by atoms with Crippen molar-refractivity contribution < 1.29 is 4.42 Å². The van der Waals surface area contributed by atoms with Crippen molar-refractivity contribution in [2.24, 2.45) is 0 Å². The van der Waals surface area contributed by atoms with Crippen molar-refractivity contribution in [1.82, 2.24) is 19.9 Å². The molecule has 0 amide bonds. The molecule has 0 radical (unpaired) electrons. The molecule has 3 aromatic heterocycles. The Labute approximate surface area is 318 Å². The van der Waals surface area contributed by atoms with E-state index in [4.69, 9.17) is 19.4 Å². The van der Waals surface area contributed by atoms with Crippen LogP contribution >= 0.6 is 0 Å². The van der Waals surface area contributed by atoms with Gasteiger partial charge in [-0.15, -0.1) is 0 Å². The van der Waals surface area contributed by atoms with Gasteiger partial charge in [-0.2, -0.15) is 0 Å². The number of benzene rings is 7. The molecule has 0 saturated heterocycles. The summed E-state index contributed by atoms with van der Waals surface area (Å²) in [6.45, 7) is 0. The molecule has 0 saturated carbocycles. The summed E-state index contributed by atoms with van der Waals surface area (Å²) in [5.41, 5.74) is 13.0. The largest absolute Gasteiger partial charge is 0.455 e. The van der Waals surface area contributed by atoms with E-state index in [-0.39, 0.29) is 0 Å². The van der Waals surface area contributed by atoms with Crippen LogP contribution in [0, 0.1) is 0 Å². The smallest absolute Gasteiger partial charge is 0.164 e. The van der Waals surface area contributed by atoms with E-state index in [0.717, 1.165) is 83.1 Å². The molecule has 258 valence electrons. The Morgan fingerprint density at radius 2 is 0.745 bits per heavy atom. The van der Waals surface area contributed by atoms with Crippen molar-refractivity contribution in [3.05, 3.63) is 194 Å². The van der Waals surface area contributed by atoms with Gasteiger partial charge in [-0.3, -0.25) is 4.98 Å². The number of hydrogen-bond donors (Lipinski definition) is 0. The van der Waals surface area contributed by atoms with Gasteiger partial charge in [0.25, 0.3) is 0 Å². The highest BCUT2D eigenvalue weighted by atomic mass is 16.3. The lowest BCUT2D eigenvalue weighted by atomic mass is 9.90. The number of furan rings is 1. The van der Waals surface area contributed by atoms with Gasteiger partial charge >= 0.3 is 0 Å². The van der Waals surface area contributed by atoms with E-state index >= 15 is 0 Å². The molecule has 5 heteroatoms. The second-order valence-electron chi connectivity index (χ2n) is 13.5. The van der Waals surface area contributed by atoms with Crippen LogP contribution in [0.15, 0.2) is 199 Å². The van der Waals surface area contributed by atoms with Crippen LogP contribution < -0.4 is 0 Å². The Morgan fingerprint density at radius 3 is 1.35 bits per heavy atom. The maximum atomic E-state index is 6.55. The fourth-order valence-electron chi connectivity index (χ4n) is 7.29. The number of rotatable bonds is 7. The minimum Gasteiger partial charge on any atom is -0.455 e. The fraction of sp³-hybridized carbons (Fsp3) is 0. The molecule has 0 bridgehead atoms. The van der Waals surface area contributed by atoms with Gasteiger partial charge in [-0.25, -0.2) is 15.0 Å². The van der Waals surface area contributed by atoms with Crippen LogP contribution in [0.25, 0.3) is 101 Å². The number of nitrogens with zero attached hydrogens (tertiary/aromatic N) is 4. The van der Waals surface area contributed by atoms with Gasteiger partial charge in [0.2, 0.25) is 0 Å². The Balaban J connectivity index is 1.21. The standard InChI is InChI=1S/C50H32N4O/c1-4-13-33(14-5-1)37-27-39(30-41(29-37)43-20-12-21-45-44-19-10-11-22-46(44)55-47(43)45)40-28-38(34-23-25-51-26-24-34)31-42(32-40)50-53-48(35-15-6-2-7-16-35)52-49(54-50)36-17-8-3-9-18-36/h1-32H. The molecular weight excluding hydrogens is 673 g/mol. The highest BCUT2D eigenvalue weighted by Crippen LogP contribution is 2.41. The van der Waals surface area contributed by atoms with E-state index < -0.39 is 0 Å². The van der Waals surface area contributed by atoms with E-state index in [1.165, 1.54) is 0 Å². The topological polar surface area (TPSA) is 64.7 Å². The summed E-state index contributed by atoms with van der Waals surface area (Å²) in [4.78, 5) is 19.5. The lowest BCUT2D eigenvalue weighted by molar-refractivity contribution is 0.670. The molecule has 10 aromatic rings. The first-order valence-electron chi connectivity index (χ1n) is 18.3. The minimum absolute atomic E-state index is 0.594. The third-order valence-corrected chi connectivity index (χ3v) is 9.99. The number of hydrogen-bond acceptors (Lipinski definition) is 5. The number of pyridine rings is 1. The normalized spacial score (nSPS) is 11.3. The van der Waals surface area contributed by atoms with Crippen LogP contribution in [0.2, 0.25) is 0 Å². The van der Waals surface area contributed by atoms with Crippen LogP contribution in [0.1, 0.15) is 0 Å². The fourth-order valence-corrected chi connectivity index (χ4v) is 7.29. The van der Waals surface area contributed by atoms with E-state index in [2.05, 4.69) is 102 Å². The number of para-hydroxylation sites is 2. The third kappa shape index (κ3) is 6.24. The molecule has 0 aliphatic rings. The minimum atomic E-state index is 0.594. The number of fused-ring (bicyclic) bond motifs is 3. The summed E-state index contributed by atoms with van der Waals surface area (Å²) in [6.07, 6.45) is 3.65. The molecular formula is C50H32N4O. The van der Waals surface area contributed by atoms with Crippen LogP contribution in [-0.2, 0) is 0 Å². The van der Waals surface area contributed by atoms with Crippen molar-refractivity contribution in [3.8, 4) is 78.7 Å². The van der Waals surface area contributed by atoms with E-state index in [0.29, 0.717) is 17.5 Å². The predicted octanol–water partition coefficient (Wildman–Crippen LogP) is 12.8. The van der Waals surface area contributed by atoms with Gasteiger partial charge in [0.1, 0.15) is 11.2 Å². The van der Waals surface area contributed by atoms with Crippen LogP contribution in [-0.4, -0.2) is 19.9 Å². The first-order valence-corrected chi connectivity index (χ1v) is 18.3. The highest BCUT2D eigenvalue weighted by molar-refractivity contribution is 6.10. The van der Waals surface area contributed by atoms with Crippen LogP contribution in [0.4, 0.5) is 0 Å². The molecule has 7 aromatic carbocycles. The quantitative estimate of drug-likeness (QED) is 0.165. The van der Waals surface area contributed by atoms with E-state index in [1.54, 1.807) is 0 Å². The molecule has 0 aliphatic carbocycles.